The molecule has 1 N–H and O–H groups in total. The standard InChI is InChI=1S/C17H17NO2/c1-18(19)14-10-11-16-13(12-14)6-5-9-17(16)20-15-7-3-2-4-8-15/h2-9,12,19H,10-11H2,1H3. The maximum atomic E-state index is 9.54. The Morgan fingerprint density at radius 1 is 1.00 bits per heavy atom. The monoisotopic (exact) mass is 267 g/mol. The number of benzene rings is 2. The van der Waals surface area contributed by atoms with Crippen LogP contribution in [0.3, 0.4) is 0 Å². The van der Waals surface area contributed by atoms with Crippen LogP contribution in [0.25, 0.3) is 6.08 Å². The van der Waals surface area contributed by atoms with E-state index in [4.69, 9.17) is 4.74 Å². The van der Waals surface area contributed by atoms with Gasteiger partial charge in [0.25, 0.3) is 0 Å². The lowest BCUT2D eigenvalue weighted by molar-refractivity contribution is -0.0304. The third-order valence-electron chi connectivity index (χ3n) is 3.51. The molecule has 0 bridgehead atoms. The van der Waals surface area contributed by atoms with E-state index in [0.717, 1.165) is 35.6 Å². The maximum Gasteiger partial charge on any atom is 0.131 e. The largest absolute Gasteiger partial charge is 0.457 e. The lowest BCUT2D eigenvalue weighted by Gasteiger charge is -2.22. The van der Waals surface area contributed by atoms with Gasteiger partial charge in [-0.2, -0.15) is 0 Å². The van der Waals surface area contributed by atoms with E-state index in [0.29, 0.717) is 0 Å². The molecule has 0 heterocycles. The molecule has 0 spiro atoms. The molecule has 2 aromatic carbocycles. The zero-order valence-electron chi connectivity index (χ0n) is 11.4. The number of fused-ring (bicyclic) bond motifs is 1. The van der Waals surface area contributed by atoms with Crippen LogP contribution < -0.4 is 4.74 Å². The molecule has 20 heavy (non-hydrogen) atoms. The van der Waals surface area contributed by atoms with Gasteiger partial charge in [-0.15, -0.1) is 0 Å². The number of hydrogen-bond donors (Lipinski definition) is 1. The van der Waals surface area contributed by atoms with Gasteiger partial charge in [-0.3, -0.25) is 10.3 Å². The van der Waals surface area contributed by atoms with Crippen LogP contribution in [0, 0.1) is 0 Å². The van der Waals surface area contributed by atoms with Gasteiger partial charge >= 0.3 is 0 Å². The highest BCUT2D eigenvalue weighted by Crippen LogP contribution is 2.34. The summed E-state index contributed by atoms with van der Waals surface area (Å²) in [6, 6.07) is 15.8. The number of rotatable bonds is 3. The maximum absolute atomic E-state index is 9.54. The molecule has 3 rings (SSSR count). The molecule has 0 saturated carbocycles. The van der Waals surface area contributed by atoms with Gasteiger partial charge in [0.15, 0.2) is 0 Å². The normalized spacial score (nSPS) is 13.4. The predicted octanol–water partition coefficient (Wildman–Crippen LogP) is 4.09. The van der Waals surface area contributed by atoms with E-state index in [9.17, 15) is 5.21 Å². The Hall–Kier alpha value is -2.26. The minimum atomic E-state index is 0.815. The first-order chi connectivity index (χ1) is 9.74. The van der Waals surface area contributed by atoms with Gasteiger partial charge < -0.3 is 4.74 Å². The van der Waals surface area contributed by atoms with Crippen molar-refractivity contribution in [3.63, 3.8) is 0 Å². The summed E-state index contributed by atoms with van der Waals surface area (Å²) >= 11 is 0. The van der Waals surface area contributed by atoms with E-state index < -0.39 is 0 Å². The summed E-state index contributed by atoms with van der Waals surface area (Å²) in [5.74, 6) is 1.74. The van der Waals surface area contributed by atoms with Crippen LogP contribution in [0.2, 0.25) is 0 Å². The minimum Gasteiger partial charge on any atom is -0.457 e. The molecule has 0 saturated heterocycles. The Labute approximate surface area is 118 Å². The molecule has 0 fully saturated rings. The van der Waals surface area contributed by atoms with Crippen LogP contribution >= 0.6 is 0 Å². The van der Waals surface area contributed by atoms with Gasteiger partial charge in [0.05, 0.1) is 0 Å². The van der Waals surface area contributed by atoms with Crippen molar-refractivity contribution in [2.24, 2.45) is 0 Å². The second-order valence-electron chi connectivity index (χ2n) is 4.90. The van der Waals surface area contributed by atoms with Gasteiger partial charge in [0.1, 0.15) is 11.5 Å². The molecule has 3 nitrogen and oxygen atoms in total. The molecule has 3 heteroatoms. The fourth-order valence-corrected chi connectivity index (χ4v) is 2.46. The first-order valence-corrected chi connectivity index (χ1v) is 6.72. The summed E-state index contributed by atoms with van der Waals surface area (Å²) in [7, 11) is 1.65. The molecular formula is C17H17NO2. The van der Waals surface area contributed by atoms with Gasteiger partial charge in [-0.1, -0.05) is 30.3 Å². The first kappa shape index (κ1) is 12.8. The second kappa shape index (κ2) is 5.39. The molecular weight excluding hydrogens is 250 g/mol. The summed E-state index contributed by atoms with van der Waals surface area (Å²) in [6.07, 6.45) is 3.70. The van der Waals surface area contributed by atoms with Crippen LogP contribution in [0.5, 0.6) is 11.5 Å². The summed E-state index contributed by atoms with van der Waals surface area (Å²) in [4.78, 5) is 0. The van der Waals surface area contributed by atoms with Crippen molar-refractivity contribution in [2.75, 3.05) is 7.05 Å². The van der Waals surface area contributed by atoms with Crippen molar-refractivity contribution >= 4 is 6.08 Å². The molecule has 0 aromatic heterocycles. The third kappa shape index (κ3) is 2.53. The molecule has 0 amide bonds. The molecule has 1 aliphatic rings. The van der Waals surface area contributed by atoms with Crippen LogP contribution in [-0.2, 0) is 6.42 Å². The highest BCUT2D eigenvalue weighted by molar-refractivity contribution is 5.62. The number of para-hydroxylation sites is 1. The lowest BCUT2D eigenvalue weighted by Crippen LogP contribution is -2.15. The van der Waals surface area contributed by atoms with Gasteiger partial charge in [0, 0.05) is 18.3 Å². The molecule has 1 aliphatic carbocycles. The van der Waals surface area contributed by atoms with Crippen molar-refractivity contribution in [1.82, 2.24) is 5.06 Å². The van der Waals surface area contributed by atoms with Crippen molar-refractivity contribution in [3.05, 3.63) is 65.4 Å². The van der Waals surface area contributed by atoms with E-state index >= 15 is 0 Å². The summed E-state index contributed by atoms with van der Waals surface area (Å²) < 4.78 is 5.97. The number of hydrogen-bond acceptors (Lipinski definition) is 3. The van der Waals surface area contributed by atoms with Crippen molar-refractivity contribution in [1.29, 1.82) is 0 Å². The Bertz CT molecular complexity index is 633. The SMILES string of the molecule is CN(O)C1=Cc2cccc(Oc3ccccc3)c2CC1. The van der Waals surface area contributed by atoms with E-state index in [1.807, 2.05) is 48.5 Å². The Morgan fingerprint density at radius 2 is 1.80 bits per heavy atom. The fraction of sp³-hybridized carbons (Fsp3) is 0.176. The fourth-order valence-electron chi connectivity index (χ4n) is 2.46. The Balaban J connectivity index is 1.94. The van der Waals surface area contributed by atoms with E-state index in [1.54, 1.807) is 7.05 Å². The number of ether oxygens (including phenoxy) is 1. The highest BCUT2D eigenvalue weighted by Gasteiger charge is 2.16. The Morgan fingerprint density at radius 3 is 2.55 bits per heavy atom. The van der Waals surface area contributed by atoms with Gasteiger partial charge in [-0.25, -0.2) is 0 Å². The zero-order valence-corrected chi connectivity index (χ0v) is 11.4. The lowest BCUT2D eigenvalue weighted by atomic mass is 9.94. The average Bonchev–Trinajstić information content (AvgIpc) is 2.48. The van der Waals surface area contributed by atoms with Crippen molar-refractivity contribution < 1.29 is 9.94 Å². The number of nitrogens with zero attached hydrogens (tertiary/aromatic N) is 1. The molecule has 102 valence electrons. The van der Waals surface area contributed by atoms with Crippen LogP contribution in [0.1, 0.15) is 17.5 Å². The number of allylic oxidation sites excluding steroid dienone is 1. The average molecular weight is 267 g/mol. The van der Waals surface area contributed by atoms with Crippen molar-refractivity contribution in [3.8, 4) is 11.5 Å². The summed E-state index contributed by atoms with van der Waals surface area (Å²) in [6.45, 7) is 0. The molecule has 0 atom stereocenters. The third-order valence-corrected chi connectivity index (χ3v) is 3.51. The van der Waals surface area contributed by atoms with Crippen LogP contribution in [-0.4, -0.2) is 17.3 Å². The van der Waals surface area contributed by atoms with E-state index in [1.165, 1.54) is 10.6 Å². The van der Waals surface area contributed by atoms with Gasteiger partial charge in [-0.05, 0) is 42.7 Å². The summed E-state index contributed by atoms with van der Waals surface area (Å²) in [5, 5.41) is 10.7. The van der Waals surface area contributed by atoms with E-state index in [-0.39, 0.29) is 0 Å². The zero-order chi connectivity index (χ0) is 13.9. The first-order valence-electron chi connectivity index (χ1n) is 6.72. The Kier molecular flexibility index (Phi) is 3.44. The smallest absolute Gasteiger partial charge is 0.131 e. The minimum absolute atomic E-state index is 0.815. The molecule has 2 aromatic rings. The second-order valence-corrected chi connectivity index (χ2v) is 4.90. The van der Waals surface area contributed by atoms with E-state index in [2.05, 4.69) is 6.07 Å². The topological polar surface area (TPSA) is 32.7 Å². The molecule has 0 aliphatic heterocycles. The summed E-state index contributed by atoms with van der Waals surface area (Å²) in [5.41, 5.74) is 3.23. The van der Waals surface area contributed by atoms with Gasteiger partial charge in [0.2, 0.25) is 0 Å². The quantitative estimate of drug-likeness (QED) is 0.850. The predicted molar refractivity (Wildman–Crippen MR) is 78.8 cm³/mol. The highest BCUT2D eigenvalue weighted by atomic mass is 16.5. The van der Waals surface area contributed by atoms with Crippen molar-refractivity contribution in [2.45, 2.75) is 12.8 Å². The molecule has 0 radical (unpaired) electrons. The van der Waals surface area contributed by atoms with Crippen LogP contribution in [0.15, 0.2) is 54.2 Å². The van der Waals surface area contributed by atoms with Crippen LogP contribution in [0.4, 0.5) is 0 Å². The molecule has 0 unspecified atom stereocenters. The number of hydroxylamine groups is 2.